The molecule has 0 aliphatic carbocycles. The van der Waals surface area contributed by atoms with Gasteiger partial charge in [0.2, 0.25) is 0 Å². The zero-order valence-electron chi connectivity index (χ0n) is 15.0. The van der Waals surface area contributed by atoms with Crippen molar-refractivity contribution in [3.05, 3.63) is 89.8 Å². The molecule has 0 saturated carbocycles. The third-order valence-corrected chi connectivity index (χ3v) is 4.07. The predicted octanol–water partition coefficient (Wildman–Crippen LogP) is 4.28. The third kappa shape index (κ3) is 4.03. The zero-order chi connectivity index (χ0) is 20.1. The summed E-state index contributed by atoms with van der Waals surface area (Å²) in [6.45, 7) is 2.23. The predicted molar refractivity (Wildman–Crippen MR) is 102 cm³/mol. The van der Waals surface area contributed by atoms with Crippen LogP contribution in [0.2, 0.25) is 0 Å². The van der Waals surface area contributed by atoms with E-state index in [2.05, 4.69) is 10.3 Å². The zero-order valence-corrected chi connectivity index (χ0v) is 15.0. The van der Waals surface area contributed by atoms with Crippen molar-refractivity contribution in [1.29, 1.82) is 0 Å². The highest BCUT2D eigenvalue weighted by Gasteiger charge is 2.20. The van der Waals surface area contributed by atoms with Crippen LogP contribution in [-0.2, 0) is 0 Å². The van der Waals surface area contributed by atoms with E-state index in [1.165, 1.54) is 29.3 Å². The SMILES string of the molecule is CCN(C(=O)c1cc(C(=O)Nc2c(F)cccc2F)ccn1)c1ccccc1. The van der Waals surface area contributed by atoms with Crippen LogP contribution in [0.5, 0.6) is 0 Å². The molecule has 0 unspecified atom stereocenters. The number of nitrogens with zero attached hydrogens (tertiary/aromatic N) is 2. The summed E-state index contributed by atoms with van der Waals surface area (Å²) in [4.78, 5) is 30.8. The van der Waals surface area contributed by atoms with E-state index < -0.39 is 23.2 Å². The van der Waals surface area contributed by atoms with Gasteiger partial charge >= 0.3 is 0 Å². The quantitative estimate of drug-likeness (QED) is 0.718. The van der Waals surface area contributed by atoms with Crippen molar-refractivity contribution in [3.63, 3.8) is 0 Å². The molecule has 1 heterocycles. The molecule has 28 heavy (non-hydrogen) atoms. The smallest absolute Gasteiger partial charge is 0.276 e. The molecule has 0 fully saturated rings. The maximum absolute atomic E-state index is 13.7. The summed E-state index contributed by atoms with van der Waals surface area (Å²) in [5, 5.41) is 2.19. The summed E-state index contributed by atoms with van der Waals surface area (Å²) in [6.07, 6.45) is 1.30. The number of rotatable bonds is 5. The van der Waals surface area contributed by atoms with Crippen molar-refractivity contribution >= 4 is 23.2 Å². The number of pyridine rings is 1. The van der Waals surface area contributed by atoms with Crippen molar-refractivity contribution in [2.45, 2.75) is 6.92 Å². The first-order valence-electron chi connectivity index (χ1n) is 8.59. The van der Waals surface area contributed by atoms with Gasteiger partial charge in [-0.15, -0.1) is 0 Å². The molecule has 3 aromatic rings. The highest BCUT2D eigenvalue weighted by Crippen LogP contribution is 2.20. The second-order valence-electron chi connectivity index (χ2n) is 5.87. The average molecular weight is 381 g/mol. The van der Waals surface area contributed by atoms with Crippen LogP contribution in [-0.4, -0.2) is 23.3 Å². The van der Waals surface area contributed by atoms with Crippen molar-refractivity contribution < 1.29 is 18.4 Å². The lowest BCUT2D eigenvalue weighted by atomic mass is 10.1. The molecule has 2 aromatic carbocycles. The summed E-state index contributed by atoms with van der Waals surface area (Å²) in [6, 6.07) is 15.0. The molecule has 1 N–H and O–H groups in total. The minimum Gasteiger partial charge on any atom is -0.317 e. The van der Waals surface area contributed by atoms with E-state index in [9.17, 15) is 18.4 Å². The van der Waals surface area contributed by atoms with Crippen LogP contribution in [0.25, 0.3) is 0 Å². The van der Waals surface area contributed by atoms with Crippen molar-refractivity contribution in [2.24, 2.45) is 0 Å². The summed E-state index contributed by atoms with van der Waals surface area (Å²) in [5.41, 5.74) is 0.259. The minimum atomic E-state index is -0.889. The lowest BCUT2D eigenvalue weighted by Crippen LogP contribution is -2.31. The van der Waals surface area contributed by atoms with E-state index in [-0.39, 0.29) is 17.2 Å². The van der Waals surface area contributed by atoms with Gasteiger partial charge in [0.1, 0.15) is 23.0 Å². The summed E-state index contributed by atoms with van der Waals surface area (Å²) < 4.78 is 27.5. The van der Waals surface area contributed by atoms with Crippen LogP contribution >= 0.6 is 0 Å². The lowest BCUT2D eigenvalue weighted by molar-refractivity contribution is 0.0983. The average Bonchev–Trinajstić information content (AvgIpc) is 2.72. The Hall–Kier alpha value is -3.61. The van der Waals surface area contributed by atoms with Gasteiger partial charge in [0.15, 0.2) is 0 Å². The molecule has 5 nitrogen and oxygen atoms in total. The first-order valence-corrected chi connectivity index (χ1v) is 8.59. The Balaban J connectivity index is 1.85. The molecule has 0 atom stereocenters. The molecule has 7 heteroatoms. The number of halogens is 2. The van der Waals surface area contributed by atoms with Crippen LogP contribution in [0, 0.1) is 11.6 Å². The standard InChI is InChI=1S/C21H17F2N3O2/c1-2-26(15-7-4-3-5-8-15)21(28)18-13-14(11-12-24-18)20(27)25-19-16(22)9-6-10-17(19)23/h3-13H,2H2,1H3,(H,25,27). The van der Waals surface area contributed by atoms with Gasteiger partial charge in [0.25, 0.3) is 11.8 Å². The molecule has 3 rings (SSSR count). The fourth-order valence-electron chi connectivity index (χ4n) is 2.68. The number of benzene rings is 2. The first kappa shape index (κ1) is 19.2. The van der Waals surface area contributed by atoms with Gasteiger partial charge < -0.3 is 10.2 Å². The molecule has 0 radical (unpaired) electrons. The Labute approximate surface area is 160 Å². The van der Waals surface area contributed by atoms with Crippen LogP contribution < -0.4 is 10.2 Å². The monoisotopic (exact) mass is 381 g/mol. The van der Waals surface area contributed by atoms with E-state index in [1.807, 2.05) is 25.1 Å². The van der Waals surface area contributed by atoms with Crippen molar-refractivity contribution in [2.75, 3.05) is 16.8 Å². The highest BCUT2D eigenvalue weighted by atomic mass is 19.1. The topological polar surface area (TPSA) is 62.3 Å². The van der Waals surface area contributed by atoms with E-state index in [0.717, 1.165) is 12.1 Å². The molecule has 0 spiro atoms. The molecule has 0 saturated heterocycles. The van der Waals surface area contributed by atoms with Gasteiger partial charge in [0, 0.05) is 24.0 Å². The highest BCUT2D eigenvalue weighted by molar-refractivity contribution is 6.08. The van der Waals surface area contributed by atoms with E-state index in [4.69, 9.17) is 0 Å². The molecule has 0 aliphatic rings. The maximum atomic E-state index is 13.7. The van der Waals surface area contributed by atoms with E-state index >= 15 is 0 Å². The van der Waals surface area contributed by atoms with E-state index in [0.29, 0.717) is 12.2 Å². The fourth-order valence-corrected chi connectivity index (χ4v) is 2.68. The van der Waals surface area contributed by atoms with Gasteiger partial charge in [-0.25, -0.2) is 8.78 Å². The third-order valence-electron chi connectivity index (χ3n) is 4.07. The Morgan fingerprint density at radius 1 is 1.00 bits per heavy atom. The molecule has 2 amide bonds. The molecular formula is C21H17F2N3O2. The molecule has 0 bridgehead atoms. The Kier molecular flexibility index (Phi) is 5.74. The maximum Gasteiger partial charge on any atom is 0.276 e. The fraction of sp³-hybridized carbons (Fsp3) is 0.0952. The summed E-state index contributed by atoms with van der Waals surface area (Å²) in [7, 11) is 0. The van der Waals surface area contributed by atoms with Crippen molar-refractivity contribution in [3.8, 4) is 0 Å². The number of carbonyl (C=O) groups is 2. The first-order chi connectivity index (χ1) is 13.5. The summed E-state index contributed by atoms with van der Waals surface area (Å²) in [5.74, 6) is -2.91. The van der Waals surface area contributed by atoms with Gasteiger partial charge in [0.05, 0.1) is 0 Å². The second kappa shape index (κ2) is 8.39. The normalized spacial score (nSPS) is 10.4. The number of para-hydroxylation sites is 2. The number of anilines is 2. The largest absolute Gasteiger partial charge is 0.317 e. The Morgan fingerprint density at radius 3 is 2.32 bits per heavy atom. The summed E-state index contributed by atoms with van der Waals surface area (Å²) >= 11 is 0. The Bertz CT molecular complexity index is 989. The van der Waals surface area contributed by atoms with Gasteiger partial charge in [-0.1, -0.05) is 24.3 Å². The molecule has 142 valence electrons. The number of carbonyl (C=O) groups excluding carboxylic acids is 2. The molecule has 1 aromatic heterocycles. The molecule has 0 aliphatic heterocycles. The van der Waals surface area contributed by atoms with E-state index in [1.54, 1.807) is 12.1 Å². The second-order valence-corrected chi connectivity index (χ2v) is 5.87. The van der Waals surface area contributed by atoms with Crippen molar-refractivity contribution in [1.82, 2.24) is 4.98 Å². The van der Waals surface area contributed by atoms with Gasteiger partial charge in [-0.2, -0.15) is 0 Å². The van der Waals surface area contributed by atoms with Crippen LogP contribution in [0.4, 0.5) is 20.2 Å². The number of amides is 2. The minimum absolute atomic E-state index is 0.0485. The van der Waals surface area contributed by atoms with Crippen LogP contribution in [0.3, 0.4) is 0 Å². The van der Waals surface area contributed by atoms with Gasteiger partial charge in [-0.3, -0.25) is 14.6 Å². The number of hydrogen-bond donors (Lipinski definition) is 1. The number of nitrogens with one attached hydrogen (secondary N) is 1. The van der Waals surface area contributed by atoms with Gasteiger partial charge in [-0.05, 0) is 43.3 Å². The Morgan fingerprint density at radius 2 is 1.68 bits per heavy atom. The number of aromatic nitrogens is 1. The molecular weight excluding hydrogens is 364 g/mol. The van der Waals surface area contributed by atoms with Crippen LogP contribution in [0.1, 0.15) is 27.8 Å². The van der Waals surface area contributed by atoms with Crippen LogP contribution in [0.15, 0.2) is 66.9 Å². The number of hydrogen-bond acceptors (Lipinski definition) is 3. The lowest BCUT2D eigenvalue weighted by Gasteiger charge is -2.20.